The van der Waals surface area contributed by atoms with E-state index in [0.29, 0.717) is 40.3 Å². The summed E-state index contributed by atoms with van der Waals surface area (Å²) in [6, 6.07) is 10.5. The summed E-state index contributed by atoms with van der Waals surface area (Å²) >= 11 is 0. The molecule has 3 rings (SSSR count). The number of aliphatic hydroxyl groups excluding tert-OH is 2. The molecule has 1 aromatic carbocycles. The molecule has 0 aliphatic heterocycles. The molecule has 0 radical (unpaired) electrons. The zero-order chi connectivity index (χ0) is 21.7. The number of benzene rings is 1. The second-order valence-electron chi connectivity index (χ2n) is 7.11. The van der Waals surface area contributed by atoms with Crippen LogP contribution in [0.1, 0.15) is 30.7 Å². The number of ether oxygens (including phenoxy) is 2. The maximum absolute atomic E-state index is 14.4. The van der Waals surface area contributed by atoms with Crippen molar-refractivity contribution in [3.05, 3.63) is 76.8 Å². The fourth-order valence-electron chi connectivity index (χ4n) is 3.51. The molecule has 7 heteroatoms. The van der Waals surface area contributed by atoms with Crippen LogP contribution in [-0.2, 0) is 17.7 Å². The molecule has 2 unspecified atom stereocenters. The highest BCUT2D eigenvalue weighted by atomic mass is 19.1. The molecule has 0 bridgehead atoms. The standard InChI is InChI=1S/C23H27FN2O4/c1-3-29-21(27)12-17-6-4-5-7-20(17)30-23(14-24)15(2)10-19(22(23)28)16-8-9-26-18(11-16)13-25/h4-11,21,27-28H,3,12-14,25H2,1-2H3. The largest absolute Gasteiger partial charge is 0.507 e. The van der Waals surface area contributed by atoms with Gasteiger partial charge in [-0.3, -0.25) is 4.98 Å². The molecule has 0 saturated carbocycles. The lowest BCUT2D eigenvalue weighted by Gasteiger charge is -2.31. The molecule has 0 saturated heterocycles. The first-order valence-electron chi connectivity index (χ1n) is 9.85. The average molecular weight is 414 g/mol. The van der Waals surface area contributed by atoms with E-state index in [0.717, 1.165) is 0 Å². The number of aliphatic hydroxyl groups is 2. The maximum Gasteiger partial charge on any atom is 0.215 e. The normalized spacial score (nSPS) is 19.7. The third kappa shape index (κ3) is 4.23. The quantitative estimate of drug-likeness (QED) is 0.544. The van der Waals surface area contributed by atoms with Crippen LogP contribution >= 0.6 is 0 Å². The van der Waals surface area contributed by atoms with Gasteiger partial charge in [0.25, 0.3) is 0 Å². The number of nitrogens with two attached hydrogens (primary N) is 1. The van der Waals surface area contributed by atoms with E-state index in [1.54, 1.807) is 62.5 Å². The lowest BCUT2D eigenvalue weighted by molar-refractivity contribution is -0.0932. The van der Waals surface area contributed by atoms with Gasteiger partial charge in [-0.2, -0.15) is 0 Å². The first-order valence-corrected chi connectivity index (χ1v) is 9.85. The molecule has 0 amide bonds. The highest BCUT2D eigenvalue weighted by Crippen LogP contribution is 2.43. The van der Waals surface area contributed by atoms with Gasteiger partial charge in [-0.1, -0.05) is 18.2 Å². The molecule has 30 heavy (non-hydrogen) atoms. The number of hydrogen-bond donors (Lipinski definition) is 3. The number of halogens is 1. The molecule has 1 aromatic heterocycles. The third-order valence-electron chi connectivity index (χ3n) is 5.17. The molecule has 160 valence electrons. The van der Waals surface area contributed by atoms with E-state index in [1.807, 2.05) is 0 Å². The van der Waals surface area contributed by atoms with Crippen molar-refractivity contribution >= 4 is 5.57 Å². The number of nitrogens with zero attached hydrogens (tertiary/aromatic N) is 1. The maximum atomic E-state index is 14.4. The predicted octanol–water partition coefficient (Wildman–Crippen LogP) is 3.45. The molecule has 4 N–H and O–H groups in total. The van der Waals surface area contributed by atoms with Crippen LogP contribution in [0.25, 0.3) is 5.57 Å². The van der Waals surface area contributed by atoms with Crippen molar-refractivity contribution in [2.24, 2.45) is 5.73 Å². The van der Waals surface area contributed by atoms with E-state index < -0.39 is 18.6 Å². The van der Waals surface area contributed by atoms with Crippen molar-refractivity contribution in [1.82, 2.24) is 4.98 Å². The summed E-state index contributed by atoms with van der Waals surface area (Å²) in [5.74, 6) is 0.156. The molecular weight excluding hydrogens is 387 g/mol. The second kappa shape index (κ2) is 9.38. The van der Waals surface area contributed by atoms with Crippen molar-refractivity contribution in [2.75, 3.05) is 13.3 Å². The van der Waals surface area contributed by atoms with Gasteiger partial charge in [0.1, 0.15) is 12.4 Å². The van der Waals surface area contributed by atoms with Crippen molar-refractivity contribution in [2.45, 2.75) is 38.7 Å². The van der Waals surface area contributed by atoms with E-state index in [9.17, 15) is 14.6 Å². The molecule has 2 atom stereocenters. The minimum Gasteiger partial charge on any atom is -0.507 e. The molecule has 1 aliphatic carbocycles. The Morgan fingerprint density at radius 3 is 2.73 bits per heavy atom. The molecule has 1 aliphatic rings. The molecule has 2 aromatic rings. The fourth-order valence-corrected chi connectivity index (χ4v) is 3.51. The lowest BCUT2D eigenvalue weighted by atomic mass is 9.96. The Morgan fingerprint density at radius 1 is 1.27 bits per heavy atom. The number of alkyl halides is 1. The number of hydrogen-bond acceptors (Lipinski definition) is 6. The minimum atomic E-state index is -1.64. The second-order valence-corrected chi connectivity index (χ2v) is 7.11. The van der Waals surface area contributed by atoms with Gasteiger partial charge >= 0.3 is 0 Å². The van der Waals surface area contributed by atoms with E-state index in [-0.39, 0.29) is 18.7 Å². The Bertz CT molecular complexity index is 960. The molecule has 0 spiro atoms. The van der Waals surface area contributed by atoms with Crippen LogP contribution in [0.4, 0.5) is 4.39 Å². The Balaban J connectivity index is 1.98. The highest BCUT2D eigenvalue weighted by Gasteiger charge is 2.45. The smallest absolute Gasteiger partial charge is 0.215 e. The topological polar surface area (TPSA) is 97.8 Å². The van der Waals surface area contributed by atoms with Crippen LogP contribution in [0, 0.1) is 0 Å². The SMILES string of the molecule is CCOC(O)Cc1ccccc1OC1(CF)C(C)=CC(c2ccnc(CN)c2)=C1O. The zero-order valence-corrected chi connectivity index (χ0v) is 17.1. The van der Waals surface area contributed by atoms with Crippen LogP contribution < -0.4 is 10.5 Å². The summed E-state index contributed by atoms with van der Waals surface area (Å²) < 4.78 is 25.7. The van der Waals surface area contributed by atoms with Gasteiger partial charge in [-0.05, 0) is 54.8 Å². The van der Waals surface area contributed by atoms with Crippen LogP contribution in [0.5, 0.6) is 5.75 Å². The Morgan fingerprint density at radius 2 is 2.03 bits per heavy atom. The molecular formula is C23H27FN2O4. The summed E-state index contributed by atoms with van der Waals surface area (Å²) in [5, 5.41) is 21.1. The van der Waals surface area contributed by atoms with E-state index >= 15 is 0 Å². The third-order valence-corrected chi connectivity index (χ3v) is 5.17. The number of pyridine rings is 1. The fraction of sp³-hybridized carbons (Fsp3) is 0.348. The number of para-hydroxylation sites is 1. The van der Waals surface area contributed by atoms with Gasteiger partial charge in [-0.15, -0.1) is 0 Å². The summed E-state index contributed by atoms with van der Waals surface area (Å²) in [6.45, 7) is 3.16. The van der Waals surface area contributed by atoms with Crippen LogP contribution in [0.3, 0.4) is 0 Å². The molecule has 6 nitrogen and oxygen atoms in total. The van der Waals surface area contributed by atoms with Gasteiger partial charge in [0.2, 0.25) is 5.60 Å². The van der Waals surface area contributed by atoms with Crippen molar-refractivity contribution < 1.29 is 24.1 Å². The Kier molecular flexibility index (Phi) is 6.87. The van der Waals surface area contributed by atoms with Gasteiger partial charge in [0.05, 0.1) is 5.69 Å². The Hall–Kier alpha value is -2.74. The number of aromatic nitrogens is 1. The van der Waals surface area contributed by atoms with Crippen molar-refractivity contribution in [3.63, 3.8) is 0 Å². The lowest BCUT2D eigenvalue weighted by Crippen LogP contribution is -2.41. The van der Waals surface area contributed by atoms with Crippen molar-refractivity contribution in [3.8, 4) is 5.75 Å². The van der Waals surface area contributed by atoms with Gasteiger partial charge < -0.3 is 25.4 Å². The summed E-state index contributed by atoms with van der Waals surface area (Å²) in [7, 11) is 0. The monoisotopic (exact) mass is 414 g/mol. The average Bonchev–Trinajstić information content (AvgIpc) is 3.00. The van der Waals surface area contributed by atoms with Crippen LogP contribution in [0.2, 0.25) is 0 Å². The highest BCUT2D eigenvalue weighted by molar-refractivity contribution is 5.82. The Labute approximate surface area is 175 Å². The van der Waals surface area contributed by atoms with E-state index in [1.165, 1.54) is 0 Å². The summed E-state index contributed by atoms with van der Waals surface area (Å²) in [4.78, 5) is 4.16. The summed E-state index contributed by atoms with van der Waals surface area (Å²) in [5.41, 5.74) is 7.01. The van der Waals surface area contributed by atoms with E-state index in [2.05, 4.69) is 4.98 Å². The summed E-state index contributed by atoms with van der Waals surface area (Å²) in [6.07, 6.45) is 2.48. The number of allylic oxidation sites excluding steroid dienone is 2. The van der Waals surface area contributed by atoms with Crippen LogP contribution in [-0.4, -0.2) is 40.4 Å². The molecule has 1 heterocycles. The first-order chi connectivity index (χ1) is 14.4. The van der Waals surface area contributed by atoms with Gasteiger partial charge in [0, 0.05) is 31.3 Å². The predicted molar refractivity (Wildman–Crippen MR) is 113 cm³/mol. The van der Waals surface area contributed by atoms with Crippen LogP contribution in [0.15, 0.2) is 60.0 Å². The first kappa shape index (κ1) is 22.0. The van der Waals surface area contributed by atoms with Crippen molar-refractivity contribution in [1.29, 1.82) is 0 Å². The number of rotatable bonds is 9. The van der Waals surface area contributed by atoms with E-state index in [4.69, 9.17) is 15.2 Å². The van der Waals surface area contributed by atoms with Gasteiger partial charge in [-0.25, -0.2) is 4.39 Å². The minimum absolute atomic E-state index is 0.177. The zero-order valence-electron chi connectivity index (χ0n) is 17.1. The van der Waals surface area contributed by atoms with Gasteiger partial charge in [0.15, 0.2) is 12.0 Å². The molecule has 0 fully saturated rings.